The zero-order chi connectivity index (χ0) is 14.7. The van der Waals surface area contributed by atoms with Gasteiger partial charge in [0.05, 0.1) is 6.61 Å². The van der Waals surface area contributed by atoms with E-state index < -0.39 is 0 Å². The molecule has 0 amide bonds. The highest BCUT2D eigenvalue weighted by Gasteiger charge is 2.19. The number of hydrogen-bond acceptors (Lipinski definition) is 4. The molecule has 0 fully saturated rings. The fourth-order valence-corrected chi connectivity index (χ4v) is 2.69. The molecule has 0 radical (unpaired) electrons. The fraction of sp³-hybridized carbons (Fsp3) is 0.412. The van der Waals surface area contributed by atoms with Crippen LogP contribution in [0.3, 0.4) is 0 Å². The summed E-state index contributed by atoms with van der Waals surface area (Å²) in [5, 5.41) is 3.20. The van der Waals surface area contributed by atoms with E-state index in [-0.39, 0.29) is 0 Å². The van der Waals surface area contributed by atoms with Crippen molar-refractivity contribution in [1.29, 1.82) is 0 Å². The molecule has 1 N–H and O–H groups in total. The summed E-state index contributed by atoms with van der Waals surface area (Å²) in [5.41, 5.74) is 3.50. The van der Waals surface area contributed by atoms with Crippen molar-refractivity contribution in [3.8, 4) is 17.1 Å². The molecule has 110 valence electrons. The van der Waals surface area contributed by atoms with Crippen molar-refractivity contribution in [3.05, 3.63) is 35.5 Å². The Balaban J connectivity index is 1.90. The first-order chi connectivity index (χ1) is 10.3. The Bertz CT molecular complexity index is 623. The molecule has 21 heavy (non-hydrogen) atoms. The number of benzene rings is 1. The van der Waals surface area contributed by atoms with Crippen LogP contribution in [0.4, 0.5) is 5.82 Å². The van der Waals surface area contributed by atoms with Gasteiger partial charge in [-0.25, -0.2) is 9.97 Å². The largest absolute Gasteiger partial charge is 0.494 e. The molecule has 1 aliphatic rings. The second-order valence-electron chi connectivity index (χ2n) is 5.30. The zero-order valence-corrected chi connectivity index (χ0v) is 12.6. The van der Waals surface area contributed by atoms with Crippen LogP contribution >= 0.6 is 0 Å². The molecule has 1 aromatic carbocycles. The zero-order valence-electron chi connectivity index (χ0n) is 12.6. The Kier molecular flexibility index (Phi) is 4.04. The molecule has 2 aromatic rings. The number of aryl methyl sites for hydroxylation is 1. The molecular weight excluding hydrogens is 262 g/mol. The first-order valence-electron chi connectivity index (χ1n) is 7.62. The lowest BCUT2D eigenvalue weighted by atomic mass is 10.1. The third kappa shape index (κ3) is 2.84. The molecule has 0 atom stereocenters. The minimum Gasteiger partial charge on any atom is -0.494 e. The maximum atomic E-state index is 5.61. The molecule has 1 aliphatic carbocycles. The molecule has 0 saturated heterocycles. The molecule has 1 heterocycles. The number of nitrogens with zero attached hydrogens (tertiary/aromatic N) is 2. The van der Waals surface area contributed by atoms with Crippen LogP contribution < -0.4 is 10.1 Å². The quantitative estimate of drug-likeness (QED) is 0.913. The van der Waals surface area contributed by atoms with E-state index in [9.17, 15) is 0 Å². The van der Waals surface area contributed by atoms with E-state index in [2.05, 4.69) is 17.2 Å². The van der Waals surface area contributed by atoms with Gasteiger partial charge in [-0.3, -0.25) is 0 Å². The van der Waals surface area contributed by atoms with Gasteiger partial charge >= 0.3 is 0 Å². The highest BCUT2D eigenvalue weighted by Crippen LogP contribution is 2.29. The standard InChI is InChI=1S/C17H21N3O/c1-3-11-21-13-9-7-12(8-10-13)16-19-15-6-4-5-14(15)17(18-2)20-16/h7-10H,3-6,11H2,1-2H3,(H,18,19,20). The summed E-state index contributed by atoms with van der Waals surface area (Å²) >= 11 is 0. The summed E-state index contributed by atoms with van der Waals surface area (Å²) in [5.74, 6) is 2.66. The van der Waals surface area contributed by atoms with E-state index >= 15 is 0 Å². The maximum absolute atomic E-state index is 5.61. The van der Waals surface area contributed by atoms with E-state index in [4.69, 9.17) is 9.72 Å². The Hall–Kier alpha value is -2.10. The molecular formula is C17H21N3O. The molecule has 1 aromatic heterocycles. The Morgan fingerprint density at radius 1 is 1.14 bits per heavy atom. The molecule has 0 spiro atoms. The highest BCUT2D eigenvalue weighted by atomic mass is 16.5. The Morgan fingerprint density at radius 2 is 1.95 bits per heavy atom. The number of ether oxygens (including phenoxy) is 1. The van der Waals surface area contributed by atoms with Crippen LogP contribution in [-0.4, -0.2) is 23.6 Å². The summed E-state index contributed by atoms with van der Waals surface area (Å²) in [6.45, 7) is 2.85. The van der Waals surface area contributed by atoms with Crippen molar-refractivity contribution in [3.63, 3.8) is 0 Å². The fourth-order valence-electron chi connectivity index (χ4n) is 2.69. The molecule has 4 heteroatoms. The average Bonchev–Trinajstić information content (AvgIpc) is 3.01. The van der Waals surface area contributed by atoms with Gasteiger partial charge in [0.15, 0.2) is 5.82 Å². The summed E-state index contributed by atoms with van der Waals surface area (Å²) in [4.78, 5) is 9.39. The lowest BCUT2D eigenvalue weighted by molar-refractivity contribution is 0.317. The van der Waals surface area contributed by atoms with Gasteiger partial charge in [0.25, 0.3) is 0 Å². The number of hydrogen-bond donors (Lipinski definition) is 1. The SMILES string of the molecule is CCCOc1ccc(-c2nc3c(c(NC)n2)CCC3)cc1. The minimum absolute atomic E-state index is 0.749. The van der Waals surface area contributed by atoms with Crippen molar-refractivity contribution in [2.24, 2.45) is 0 Å². The molecule has 0 saturated carbocycles. The van der Waals surface area contributed by atoms with Crippen LogP contribution in [0, 0.1) is 0 Å². The van der Waals surface area contributed by atoms with Crippen molar-refractivity contribution in [2.75, 3.05) is 19.0 Å². The summed E-state index contributed by atoms with van der Waals surface area (Å²) in [7, 11) is 1.92. The maximum Gasteiger partial charge on any atom is 0.161 e. The predicted octanol–water partition coefficient (Wildman–Crippen LogP) is 3.46. The third-order valence-electron chi connectivity index (χ3n) is 3.76. The van der Waals surface area contributed by atoms with E-state index in [1.165, 1.54) is 17.7 Å². The molecule has 0 bridgehead atoms. The van der Waals surface area contributed by atoms with E-state index in [0.717, 1.165) is 48.8 Å². The van der Waals surface area contributed by atoms with Crippen LogP contribution in [0.25, 0.3) is 11.4 Å². The molecule has 0 aliphatic heterocycles. The lowest BCUT2D eigenvalue weighted by Gasteiger charge is -2.10. The van der Waals surface area contributed by atoms with Gasteiger partial charge in [-0.05, 0) is 49.9 Å². The van der Waals surface area contributed by atoms with Crippen LogP contribution in [-0.2, 0) is 12.8 Å². The monoisotopic (exact) mass is 283 g/mol. The summed E-state index contributed by atoms with van der Waals surface area (Å²) in [6.07, 6.45) is 4.32. The number of rotatable bonds is 5. The average molecular weight is 283 g/mol. The minimum atomic E-state index is 0.749. The number of anilines is 1. The van der Waals surface area contributed by atoms with Gasteiger partial charge in [0.1, 0.15) is 11.6 Å². The molecule has 0 unspecified atom stereocenters. The second kappa shape index (κ2) is 6.12. The van der Waals surface area contributed by atoms with Gasteiger partial charge in [0, 0.05) is 23.9 Å². The van der Waals surface area contributed by atoms with Crippen molar-refractivity contribution in [1.82, 2.24) is 9.97 Å². The topological polar surface area (TPSA) is 47.0 Å². The van der Waals surface area contributed by atoms with Gasteiger partial charge in [-0.2, -0.15) is 0 Å². The van der Waals surface area contributed by atoms with E-state index in [0.29, 0.717) is 0 Å². The normalized spacial score (nSPS) is 13.0. The van der Waals surface area contributed by atoms with Crippen molar-refractivity contribution >= 4 is 5.82 Å². The van der Waals surface area contributed by atoms with Crippen molar-refractivity contribution < 1.29 is 4.74 Å². The second-order valence-corrected chi connectivity index (χ2v) is 5.30. The first-order valence-corrected chi connectivity index (χ1v) is 7.62. The Labute approximate surface area is 125 Å². The summed E-state index contributed by atoms with van der Waals surface area (Å²) in [6, 6.07) is 8.03. The van der Waals surface area contributed by atoms with Crippen LogP contribution in [0.1, 0.15) is 31.0 Å². The number of fused-ring (bicyclic) bond motifs is 1. The number of aromatic nitrogens is 2. The van der Waals surface area contributed by atoms with Crippen LogP contribution in [0.5, 0.6) is 5.75 Å². The van der Waals surface area contributed by atoms with Crippen LogP contribution in [0.15, 0.2) is 24.3 Å². The van der Waals surface area contributed by atoms with Gasteiger partial charge < -0.3 is 10.1 Å². The van der Waals surface area contributed by atoms with Gasteiger partial charge in [-0.1, -0.05) is 6.92 Å². The smallest absolute Gasteiger partial charge is 0.161 e. The van der Waals surface area contributed by atoms with Gasteiger partial charge in [-0.15, -0.1) is 0 Å². The predicted molar refractivity (Wildman–Crippen MR) is 84.8 cm³/mol. The molecule has 3 rings (SSSR count). The van der Waals surface area contributed by atoms with Crippen molar-refractivity contribution in [2.45, 2.75) is 32.6 Å². The Morgan fingerprint density at radius 3 is 2.67 bits per heavy atom. The van der Waals surface area contributed by atoms with Gasteiger partial charge in [0.2, 0.25) is 0 Å². The van der Waals surface area contributed by atoms with E-state index in [1.54, 1.807) is 0 Å². The highest BCUT2D eigenvalue weighted by molar-refractivity contribution is 5.61. The number of nitrogens with one attached hydrogen (secondary N) is 1. The first kappa shape index (κ1) is 13.9. The molecule has 4 nitrogen and oxygen atoms in total. The third-order valence-corrected chi connectivity index (χ3v) is 3.76. The van der Waals surface area contributed by atoms with Crippen LogP contribution in [0.2, 0.25) is 0 Å². The summed E-state index contributed by atoms with van der Waals surface area (Å²) < 4.78 is 5.61. The van der Waals surface area contributed by atoms with E-state index in [1.807, 2.05) is 31.3 Å². The lowest BCUT2D eigenvalue weighted by Crippen LogP contribution is -2.03.